The van der Waals surface area contributed by atoms with Crippen molar-refractivity contribution in [1.82, 2.24) is 5.32 Å². The molecule has 1 unspecified atom stereocenters. The zero-order valence-corrected chi connectivity index (χ0v) is 27.6. The van der Waals surface area contributed by atoms with Gasteiger partial charge in [-0.05, 0) is 64.2 Å². The van der Waals surface area contributed by atoms with Crippen molar-refractivity contribution in [3.63, 3.8) is 0 Å². The highest BCUT2D eigenvalue weighted by atomic mass is 35.5. The molecule has 0 aliphatic heterocycles. The third kappa shape index (κ3) is 7.62. The summed E-state index contributed by atoms with van der Waals surface area (Å²) in [7, 11) is -0.663. The van der Waals surface area contributed by atoms with Gasteiger partial charge in [-0.25, -0.2) is 0 Å². The van der Waals surface area contributed by atoms with Gasteiger partial charge in [-0.1, -0.05) is 89.5 Å². The Labute approximate surface area is 255 Å². The van der Waals surface area contributed by atoms with Crippen molar-refractivity contribution >= 4 is 48.5 Å². The Morgan fingerprint density at radius 1 is 0.976 bits per heavy atom. The lowest BCUT2D eigenvalue weighted by Crippen LogP contribution is -2.45. The lowest BCUT2D eigenvalue weighted by molar-refractivity contribution is -0.125. The molecule has 0 fully saturated rings. The third-order valence-corrected chi connectivity index (χ3v) is 15.3. The molecule has 0 saturated heterocycles. The second kappa shape index (κ2) is 14.7. The molecule has 0 radical (unpaired) electrons. The summed E-state index contributed by atoms with van der Waals surface area (Å²) < 4.78 is 5.35. The molecular weight excluding hydrogens is 568 g/mol. The molecule has 0 aliphatic carbocycles. The molecule has 0 bridgehead atoms. The Bertz CT molecular complexity index is 1340. The van der Waals surface area contributed by atoms with E-state index in [2.05, 4.69) is 58.3 Å². The van der Waals surface area contributed by atoms with E-state index in [0.29, 0.717) is 46.0 Å². The Morgan fingerprint density at radius 3 is 2.17 bits per heavy atom. The number of nitrogens with one attached hydrogen (secondary N) is 1. The first kappa shape index (κ1) is 32.5. The van der Waals surface area contributed by atoms with E-state index in [1.54, 1.807) is 18.2 Å². The maximum absolute atomic E-state index is 14.2. The summed E-state index contributed by atoms with van der Waals surface area (Å²) in [5.41, 5.74) is 6.23. The molecular formula is C33H41ClN2O3SSi. The van der Waals surface area contributed by atoms with Gasteiger partial charge in [-0.3, -0.25) is 14.5 Å². The SMILES string of the molecule is COc1ccc(N(C(=O)C#C[Si](C(C)C)(C(C)C)C(C)C)C(C(=O)NCCc2ccccc2)c2cccs2)cc1Cl. The van der Waals surface area contributed by atoms with Crippen molar-refractivity contribution in [2.24, 2.45) is 0 Å². The topological polar surface area (TPSA) is 58.6 Å². The number of hydrogen-bond acceptors (Lipinski definition) is 4. The Morgan fingerprint density at radius 2 is 1.63 bits per heavy atom. The van der Waals surface area contributed by atoms with Gasteiger partial charge in [0.05, 0.1) is 12.1 Å². The molecule has 1 atom stereocenters. The molecule has 5 nitrogen and oxygen atoms in total. The minimum atomic E-state index is -2.20. The monoisotopic (exact) mass is 608 g/mol. The van der Waals surface area contributed by atoms with Crippen molar-refractivity contribution < 1.29 is 14.3 Å². The molecule has 0 aliphatic rings. The van der Waals surface area contributed by atoms with E-state index in [1.165, 1.54) is 23.3 Å². The smallest absolute Gasteiger partial charge is 0.303 e. The molecule has 8 heteroatoms. The van der Waals surface area contributed by atoms with Crippen LogP contribution in [-0.2, 0) is 16.0 Å². The van der Waals surface area contributed by atoms with Gasteiger partial charge >= 0.3 is 5.91 Å². The van der Waals surface area contributed by atoms with E-state index in [-0.39, 0.29) is 5.91 Å². The summed E-state index contributed by atoms with van der Waals surface area (Å²) in [6.45, 7) is 13.7. The van der Waals surface area contributed by atoms with Crippen LogP contribution in [0.3, 0.4) is 0 Å². The Hall–Kier alpha value is -3.05. The maximum Gasteiger partial charge on any atom is 0.303 e. The van der Waals surface area contributed by atoms with Crippen molar-refractivity contribution in [2.75, 3.05) is 18.6 Å². The molecule has 2 amide bonds. The lowest BCUT2D eigenvalue weighted by Gasteiger charge is -2.38. The summed E-state index contributed by atoms with van der Waals surface area (Å²) in [6, 6.07) is 18.0. The van der Waals surface area contributed by atoms with Gasteiger partial charge in [0.25, 0.3) is 0 Å². The minimum absolute atomic E-state index is 0.273. The molecule has 3 aromatic rings. The van der Waals surface area contributed by atoms with Crippen LogP contribution in [0.25, 0.3) is 0 Å². The molecule has 41 heavy (non-hydrogen) atoms. The second-order valence-electron chi connectivity index (χ2n) is 11.1. The van der Waals surface area contributed by atoms with Gasteiger partial charge in [-0.2, -0.15) is 0 Å². The van der Waals surface area contributed by atoms with E-state index in [9.17, 15) is 9.59 Å². The predicted octanol–water partition coefficient (Wildman–Crippen LogP) is 8.06. The average molecular weight is 609 g/mol. The van der Waals surface area contributed by atoms with E-state index in [4.69, 9.17) is 16.3 Å². The van der Waals surface area contributed by atoms with Crippen LogP contribution in [0.15, 0.2) is 66.0 Å². The number of thiophene rings is 1. The lowest BCUT2D eigenvalue weighted by atomic mass is 10.1. The maximum atomic E-state index is 14.2. The van der Waals surface area contributed by atoms with Crippen molar-refractivity contribution in [2.45, 2.75) is 70.6 Å². The molecule has 0 saturated carbocycles. The summed E-state index contributed by atoms with van der Waals surface area (Å²) in [5.74, 6) is 2.83. The van der Waals surface area contributed by atoms with Crippen LogP contribution in [0, 0.1) is 11.5 Å². The van der Waals surface area contributed by atoms with Crippen molar-refractivity contribution in [3.8, 4) is 17.2 Å². The average Bonchev–Trinajstić information content (AvgIpc) is 3.46. The van der Waals surface area contributed by atoms with Gasteiger partial charge in [0, 0.05) is 17.1 Å². The van der Waals surface area contributed by atoms with Crippen LogP contribution < -0.4 is 15.0 Å². The molecule has 1 aromatic heterocycles. The first-order chi connectivity index (χ1) is 19.5. The number of benzene rings is 2. The summed E-state index contributed by atoms with van der Waals surface area (Å²) in [5, 5.41) is 5.32. The molecule has 2 aromatic carbocycles. The number of anilines is 1. The van der Waals surface area contributed by atoms with Crippen LogP contribution in [0.4, 0.5) is 5.69 Å². The molecule has 1 N–H and O–H groups in total. The highest BCUT2D eigenvalue weighted by Crippen LogP contribution is 2.41. The van der Waals surface area contributed by atoms with Crippen molar-refractivity contribution in [1.29, 1.82) is 0 Å². The molecule has 1 heterocycles. The Balaban J connectivity index is 2.09. The fourth-order valence-corrected chi connectivity index (χ4v) is 12.0. The standard InChI is InChI=1S/C33H41ClN2O3SSi/c1-23(2)41(24(3)4,25(5)6)21-18-31(37)36(27-15-16-29(39-7)28(34)22-27)32(30-14-11-20-40-30)33(38)35-19-17-26-12-9-8-10-13-26/h8-16,20,22-25,32H,17,19H2,1-7H3,(H,35,38). The highest BCUT2D eigenvalue weighted by Gasteiger charge is 2.42. The first-order valence-electron chi connectivity index (χ1n) is 14.1. The van der Waals surface area contributed by atoms with Crippen LogP contribution in [-0.4, -0.2) is 33.5 Å². The van der Waals surface area contributed by atoms with E-state index >= 15 is 0 Å². The quantitative estimate of drug-likeness (QED) is 0.177. The minimum Gasteiger partial charge on any atom is -0.495 e. The van der Waals surface area contributed by atoms with Crippen molar-refractivity contribution in [3.05, 3.63) is 81.5 Å². The normalized spacial score (nSPS) is 12.2. The van der Waals surface area contributed by atoms with Gasteiger partial charge in [-0.15, -0.1) is 16.9 Å². The van der Waals surface area contributed by atoms with Gasteiger partial charge in [0.1, 0.15) is 13.8 Å². The highest BCUT2D eigenvalue weighted by molar-refractivity contribution is 7.10. The van der Waals surface area contributed by atoms with E-state index in [1.807, 2.05) is 47.8 Å². The zero-order valence-electron chi connectivity index (χ0n) is 25.0. The summed E-state index contributed by atoms with van der Waals surface area (Å²) in [6.07, 6.45) is 0.678. The number of methoxy groups -OCH3 is 1. The fraction of sp³-hybridized carbons (Fsp3) is 0.394. The second-order valence-corrected chi connectivity index (χ2v) is 18.1. The van der Waals surface area contributed by atoms with Crippen LogP contribution >= 0.6 is 22.9 Å². The largest absolute Gasteiger partial charge is 0.495 e. The number of amides is 2. The van der Waals surface area contributed by atoms with E-state index < -0.39 is 20.0 Å². The number of ether oxygens (including phenoxy) is 1. The van der Waals surface area contributed by atoms with Gasteiger partial charge in [0.15, 0.2) is 6.04 Å². The Kier molecular flexibility index (Phi) is 11.7. The van der Waals surface area contributed by atoms with Crippen LogP contribution in [0.1, 0.15) is 58.0 Å². The number of carbonyl (C=O) groups is 2. The predicted molar refractivity (Wildman–Crippen MR) is 175 cm³/mol. The number of nitrogens with zero attached hydrogens (tertiary/aromatic N) is 1. The summed E-state index contributed by atoms with van der Waals surface area (Å²) in [4.78, 5) is 30.3. The van der Waals surface area contributed by atoms with Crippen LogP contribution in [0.2, 0.25) is 21.6 Å². The van der Waals surface area contributed by atoms with Gasteiger partial charge < -0.3 is 10.1 Å². The van der Waals surface area contributed by atoms with Gasteiger partial charge in [0.2, 0.25) is 5.91 Å². The molecule has 3 rings (SSSR count). The molecule has 0 spiro atoms. The van der Waals surface area contributed by atoms with Crippen LogP contribution in [0.5, 0.6) is 5.75 Å². The fourth-order valence-electron chi connectivity index (χ4n) is 5.74. The number of rotatable bonds is 11. The molecule has 218 valence electrons. The zero-order chi connectivity index (χ0) is 30.2. The summed E-state index contributed by atoms with van der Waals surface area (Å²) >= 11 is 7.95. The first-order valence-corrected chi connectivity index (χ1v) is 17.6. The number of halogens is 1. The third-order valence-electron chi connectivity index (χ3n) is 7.76. The number of carbonyl (C=O) groups excluding carboxylic acids is 2. The number of hydrogen-bond donors (Lipinski definition) is 1. The van der Waals surface area contributed by atoms with E-state index in [0.717, 1.165) is 10.4 Å².